The Hall–Kier alpha value is -4.33. The Morgan fingerprint density at radius 2 is 1.79 bits per heavy atom. The van der Waals surface area contributed by atoms with Crippen molar-refractivity contribution >= 4 is 33.6 Å². The summed E-state index contributed by atoms with van der Waals surface area (Å²) in [6.45, 7) is 6.64. The number of amides is 1. The lowest BCUT2D eigenvalue weighted by atomic mass is 10.0. The molecule has 198 valence electrons. The van der Waals surface area contributed by atoms with E-state index in [1.165, 1.54) is 12.1 Å². The third-order valence-corrected chi connectivity index (χ3v) is 7.13. The summed E-state index contributed by atoms with van der Waals surface area (Å²) in [5.41, 5.74) is 2.48. The van der Waals surface area contributed by atoms with Crippen molar-refractivity contribution in [3.63, 3.8) is 0 Å². The van der Waals surface area contributed by atoms with E-state index in [0.29, 0.717) is 61.3 Å². The molecule has 0 saturated carbocycles. The standard InChI is InChI=1S/C31H30FN5O2/c1-20(2)17-26-33-29(36-13-6-14-37(16-15-36)31(38)24-9-5-10-25(32)19-24)27-28(35-39-30(27)34-26)23-12-11-21-7-3-4-8-22(21)18-23/h3-5,7-12,18-20H,6,13-17H2,1-2H3. The molecule has 0 spiro atoms. The molecule has 39 heavy (non-hydrogen) atoms. The summed E-state index contributed by atoms with van der Waals surface area (Å²) in [5, 5.41) is 7.51. The normalized spacial score (nSPS) is 14.4. The number of benzene rings is 3. The molecule has 1 amide bonds. The highest BCUT2D eigenvalue weighted by molar-refractivity contribution is 6.00. The van der Waals surface area contributed by atoms with Crippen LogP contribution in [0.15, 0.2) is 71.3 Å². The van der Waals surface area contributed by atoms with Crippen molar-refractivity contribution < 1.29 is 13.7 Å². The topological polar surface area (TPSA) is 75.4 Å². The first-order valence-corrected chi connectivity index (χ1v) is 13.4. The summed E-state index contributed by atoms with van der Waals surface area (Å²) < 4.78 is 19.6. The number of hydrogen-bond donors (Lipinski definition) is 0. The number of fused-ring (bicyclic) bond motifs is 2. The minimum Gasteiger partial charge on any atom is -0.354 e. The Kier molecular flexibility index (Phi) is 6.69. The fourth-order valence-corrected chi connectivity index (χ4v) is 5.24. The number of nitrogens with zero attached hydrogens (tertiary/aromatic N) is 5. The molecular weight excluding hydrogens is 493 g/mol. The van der Waals surface area contributed by atoms with E-state index in [0.717, 1.165) is 34.0 Å². The molecule has 3 aromatic carbocycles. The largest absolute Gasteiger partial charge is 0.354 e. The minimum atomic E-state index is -0.410. The van der Waals surface area contributed by atoms with Gasteiger partial charge in [-0.05, 0) is 47.4 Å². The molecule has 5 aromatic rings. The summed E-state index contributed by atoms with van der Waals surface area (Å²) >= 11 is 0. The lowest BCUT2D eigenvalue weighted by molar-refractivity contribution is 0.0766. The van der Waals surface area contributed by atoms with Crippen LogP contribution in [0.4, 0.5) is 10.2 Å². The fourth-order valence-electron chi connectivity index (χ4n) is 5.24. The van der Waals surface area contributed by atoms with E-state index in [2.05, 4.69) is 48.2 Å². The minimum absolute atomic E-state index is 0.161. The van der Waals surface area contributed by atoms with Crippen LogP contribution in [0.5, 0.6) is 0 Å². The van der Waals surface area contributed by atoms with Crippen LogP contribution in [0.3, 0.4) is 0 Å². The van der Waals surface area contributed by atoms with Gasteiger partial charge in [0.1, 0.15) is 28.5 Å². The van der Waals surface area contributed by atoms with Gasteiger partial charge in [-0.15, -0.1) is 0 Å². The zero-order valence-electron chi connectivity index (χ0n) is 22.1. The van der Waals surface area contributed by atoms with Crippen LogP contribution in [-0.4, -0.2) is 52.1 Å². The van der Waals surface area contributed by atoms with Gasteiger partial charge in [0, 0.05) is 43.7 Å². The maximum Gasteiger partial charge on any atom is 0.263 e. The van der Waals surface area contributed by atoms with Crippen molar-refractivity contribution in [1.82, 2.24) is 20.0 Å². The van der Waals surface area contributed by atoms with Crippen molar-refractivity contribution in [2.45, 2.75) is 26.7 Å². The van der Waals surface area contributed by atoms with Crippen molar-refractivity contribution in [2.24, 2.45) is 5.92 Å². The summed E-state index contributed by atoms with van der Waals surface area (Å²) in [6, 6.07) is 20.3. The Labute approximate surface area is 226 Å². The third kappa shape index (κ3) is 5.06. The van der Waals surface area contributed by atoms with E-state index in [9.17, 15) is 9.18 Å². The molecule has 1 aliphatic rings. The third-order valence-electron chi connectivity index (χ3n) is 7.13. The number of halogens is 1. The van der Waals surface area contributed by atoms with E-state index >= 15 is 0 Å². The number of carbonyl (C=O) groups excluding carboxylic acids is 1. The lowest BCUT2D eigenvalue weighted by Gasteiger charge is -2.24. The Bertz CT molecular complexity index is 1660. The molecule has 2 aromatic heterocycles. The van der Waals surface area contributed by atoms with Crippen molar-refractivity contribution in [3.05, 3.63) is 83.9 Å². The highest BCUT2D eigenvalue weighted by Crippen LogP contribution is 2.35. The molecule has 0 unspecified atom stereocenters. The number of anilines is 1. The number of rotatable bonds is 5. The second-order valence-electron chi connectivity index (χ2n) is 10.5. The zero-order valence-corrected chi connectivity index (χ0v) is 22.1. The van der Waals surface area contributed by atoms with Gasteiger partial charge in [-0.1, -0.05) is 61.5 Å². The first-order valence-electron chi connectivity index (χ1n) is 13.4. The van der Waals surface area contributed by atoms with Gasteiger partial charge in [0.15, 0.2) is 0 Å². The van der Waals surface area contributed by atoms with Gasteiger partial charge in [-0.2, -0.15) is 4.98 Å². The first kappa shape index (κ1) is 25.0. The van der Waals surface area contributed by atoms with E-state index in [4.69, 9.17) is 14.5 Å². The van der Waals surface area contributed by atoms with Crippen LogP contribution in [0.2, 0.25) is 0 Å². The lowest BCUT2D eigenvalue weighted by Crippen LogP contribution is -2.35. The smallest absolute Gasteiger partial charge is 0.263 e. The van der Waals surface area contributed by atoms with Crippen LogP contribution in [0.1, 0.15) is 36.5 Å². The summed E-state index contributed by atoms with van der Waals surface area (Å²) in [5.74, 6) is 1.30. The number of aromatic nitrogens is 3. The predicted molar refractivity (Wildman–Crippen MR) is 150 cm³/mol. The van der Waals surface area contributed by atoms with Crippen LogP contribution in [-0.2, 0) is 6.42 Å². The highest BCUT2D eigenvalue weighted by Gasteiger charge is 2.26. The van der Waals surface area contributed by atoms with Gasteiger partial charge in [-0.3, -0.25) is 4.79 Å². The first-order chi connectivity index (χ1) is 19.0. The SMILES string of the molecule is CC(C)Cc1nc(N2CCCN(C(=O)c3cccc(F)c3)CC2)c2c(-c3ccc4ccccc4c3)noc2n1. The maximum absolute atomic E-state index is 13.8. The quantitative estimate of drug-likeness (QED) is 0.276. The van der Waals surface area contributed by atoms with Gasteiger partial charge in [0.05, 0.1) is 0 Å². The predicted octanol–water partition coefficient (Wildman–Crippen LogP) is 6.13. The molecule has 8 heteroatoms. The molecule has 3 heterocycles. The number of hydrogen-bond acceptors (Lipinski definition) is 6. The molecular formula is C31H30FN5O2. The second kappa shape index (κ2) is 10.4. The Morgan fingerprint density at radius 1 is 0.949 bits per heavy atom. The monoisotopic (exact) mass is 523 g/mol. The molecule has 7 nitrogen and oxygen atoms in total. The molecule has 0 atom stereocenters. The average Bonchev–Trinajstić information content (AvgIpc) is 3.20. The van der Waals surface area contributed by atoms with Crippen LogP contribution < -0.4 is 4.90 Å². The molecule has 1 fully saturated rings. The van der Waals surface area contributed by atoms with Crippen molar-refractivity contribution in [1.29, 1.82) is 0 Å². The number of carbonyl (C=O) groups is 1. The summed E-state index contributed by atoms with van der Waals surface area (Å²) in [7, 11) is 0. The molecule has 6 rings (SSSR count). The summed E-state index contributed by atoms with van der Waals surface area (Å²) in [4.78, 5) is 26.9. The van der Waals surface area contributed by atoms with Crippen LogP contribution in [0.25, 0.3) is 33.1 Å². The van der Waals surface area contributed by atoms with Crippen LogP contribution in [0, 0.1) is 11.7 Å². The second-order valence-corrected chi connectivity index (χ2v) is 10.5. The van der Waals surface area contributed by atoms with Gasteiger partial charge in [0.2, 0.25) is 0 Å². The molecule has 1 saturated heterocycles. The molecule has 0 radical (unpaired) electrons. The average molecular weight is 524 g/mol. The van der Waals surface area contributed by atoms with Gasteiger partial charge in [0.25, 0.3) is 11.6 Å². The van der Waals surface area contributed by atoms with Crippen LogP contribution >= 0.6 is 0 Å². The highest BCUT2D eigenvalue weighted by atomic mass is 19.1. The zero-order chi connectivity index (χ0) is 26.9. The molecule has 0 N–H and O–H groups in total. The van der Waals surface area contributed by atoms with Crippen molar-refractivity contribution in [2.75, 3.05) is 31.1 Å². The van der Waals surface area contributed by atoms with E-state index < -0.39 is 5.82 Å². The van der Waals surface area contributed by atoms with E-state index in [-0.39, 0.29) is 5.91 Å². The molecule has 0 bridgehead atoms. The maximum atomic E-state index is 13.8. The van der Waals surface area contributed by atoms with Gasteiger partial charge in [-0.25, -0.2) is 9.37 Å². The molecule has 0 aliphatic carbocycles. The fraction of sp³-hybridized carbons (Fsp3) is 0.290. The van der Waals surface area contributed by atoms with Gasteiger partial charge < -0.3 is 14.3 Å². The van der Waals surface area contributed by atoms with E-state index in [1.54, 1.807) is 17.0 Å². The Morgan fingerprint density at radius 3 is 2.62 bits per heavy atom. The van der Waals surface area contributed by atoms with Gasteiger partial charge >= 0.3 is 0 Å². The van der Waals surface area contributed by atoms with E-state index in [1.807, 2.05) is 18.2 Å². The molecule has 1 aliphatic heterocycles. The summed E-state index contributed by atoms with van der Waals surface area (Å²) in [6.07, 6.45) is 1.47. The Balaban J connectivity index is 1.38. The van der Waals surface area contributed by atoms with Crippen molar-refractivity contribution in [3.8, 4) is 11.3 Å².